The number of methoxy groups -OCH3 is 1. The summed E-state index contributed by atoms with van der Waals surface area (Å²) in [5.41, 5.74) is 5.18. The number of ether oxygens (including phenoxy) is 1. The molecule has 1 saturated heterocycles. The van der Waals surface area contributed by atoms with Gasteiger partial charge < -0.3 is 15.0 Å². The van der Waals surface area contributed by atoms with Gasteiger partial charge in [0.2, 0.25) is 0 Å². The van der Waals surface area contributed by atoms with E-state index in [0.29, 0.717) is 53.1 Å². The summed E-state index contributed by atoms with van der Waals surface area (Å²) in [4.78, 5) is 21.8. The second kappa shape index (κ2) is 9.85. The Kier molecular flexibility index (Phi) is 6.34. The number of aryl methyl sites for hydroxylation is 1. The molecule has 1 atom stereocenters. The van der Waals surface area contributed by atoms with Crippen molar-refractivity contribution in [2.45, 2.75) is 25.8 Å². The molecule has 1 aliphatic heterocycles. The van der Waals surface area contributed by atoms with Crippen molar-refractivity contribution >= 4 is 37.7 Å². The van der Waals surface area contributed by atoms with Crippen LogP contribution in [0.25, 0.3) is 33.2 Å². The molecule has 1 amide bonds. The zero-order chi connectivity index (χ0) is 27.1. The fraction of sp³-hybridized carbons (Fsp3) is 0.276. The van der Waals surface area contributed by atoms with Crippen molar-refractivity contribution in [2.75, 3.05) is 25.2 Å². The summed E-state index contributed by atoms with van der Waals surface area (Å²) in [6.45, 7) is 2.28. The molecule has 0 saturated carbocycles. The van der Waals surface area contributed by atoms with Gasteiger partial charge in [-0.2, -0.15) is 5.10 Å². The first-order valence-electron chi connectivity index (χ1n) is 12.9. The van der Waals surface area contributed by atoms with E-state index in [1.54, 1.807) is 17.9 Å². The van der Waals surface area contributed by atoms with E-state index in [1.807, 2.05) is 55.6 Å². The van der Waals surface area contributed by atoms with Crippen LogP contribution >= 0.6 is 0 Å². The Balaban J connectivity index is 1.38. The predicted molar refractivity (Wildman–Crippen MR) is 151 cm³/mol. The van der Waals surface area contributed by atoms with Crippen LogP contribution in [0.1, 0.15) is 34.1 Å². The van der Waals surface area contributed by atoms with E-state index in [4.69, 9.17) is 9.72 Å². The largest absolute Gasteiger partial charge is 0.497 e. The Morgan fingerprint density at radius 3 is 2.82 bits per heavy atom. The number of hydrogen-bond acceptors (Lipinski definition) is 6. The number of aromatic amines is 1. The summed E-state index contributed by atoms with van der Waals surface area (Å²) < 4.78 is 31.6. The lowest BCUT2D eigenvalue weighted by atomic mass is 10.0. The molecule has 1 unspecified atom stereocenters. The summed E-state index contributed by atoms with van der Waals surface area (Å²) in [6, 6.07) is 17.0. The summed E-state index contributed by atoms with van der Waals surface area (Å²) in [7, 11) is -1.54. The van der Waals surface area contributed by atoms with Crippen LogP contribution in [0.4, 0.5) is 0 Å². The van der Waals surface area contributed by atoms with E-state index in [2.05, 4.69) is 21.5 Å². The molecule has 0 bridgehead atoms. The molecular formula is C29H29N5O4S. The van der Waals surface area contributed by atoms with Crippen LogP contribution in [-0.2, 0) is 16.3 Å². The number of carbonyl (C=O) groups excluding carboxylic acids is 1. The minimum atomic E-state index is -3.14. The number of nitrogens with zero attached hydrogens (tertiary/aromatic N) is 3. The smallest absolute Gasteiger partial charge is 0.252 e. The first kappa shape index (κ1) is 25.1. The fourth-order valence-electron chi connectivity index (χ4n) is 5.39. The molecule has 3 aromatic heterocycles. The number of nitrogens with one attached hydrogen (secondary N) is 2. The van der Waals surface area contributed by atoms with E-state index in [1.165, 1.54) is 0 Å². The number of benzene rings is 2. The summed E-state index contributed by atoms with van der Waals surface area (Å²) in [6.07, 6.45) is 3.12. The maximum atomic E-state index is 13.6. The molecule has 2 N–H and O–H groups in total. The van der Waals surface area contributed by atoms with Gasteiger partial charge >= 0.3 is 0 Å². The third-order valence-corrected chi connectivity index (χ3v) is 9.11. The number of fused-ring (bicyclic) bond motifs is 2. The summed E-state index contributed by atoms with van der Waals surface area (Å²) in [5.74, 6) is 0.578. The third-order valence-electron chi connectivity index (χ3n) is 7.36. The minimum absolute atomic E-state index is 0.0143. The van der Waals surface area contributed by atoms with E-state index in [9.17, 15) is 13.2 Å². The van der Waals surface area contributed by atoms with Gasteiger partial charge in [-0.15, -0.1) is 0 Å². The molecule has 5 aromatic rings. The molecule has 4 heterocycles. The van der Waals surface area contributed by atoms with Gasteiger partial charge in [-0.1, -0.05) is 30.3 Å². The van der Waals surface area contributed by atoms with E-state index >= 15 is 0 Å². The SMILES string of the molecule is COc1cccc(-c2cc(C(=O)NCCc3c[nH]c4ccccc34)c3c(C)nn(C4CCS(=O)(=O)C4)c3n2)c1. The van der Waals surface area contributed by atoms with Crippen LogP contribution in [0, 0.1) is 6.92 Å². The second-order valence-corrected chi connectivity index (χ2v) is 12.2. The van der Waals surface area contributed by atoms with E-state index < -0.39 is 9.84 Å². The van der Waals surface area contributed by atoms with Gasteiger partial charge in [-0.25, -0.2) is 18.1 Å². The lowest BCUT2D eigenvalue weighted by Crippen LogP contribution is -2.26. The number of hydrogen-bond donors (Lipinski definition) is 2. The van der Waals surface area contributed by atoms with Crippen LogP contribution in [-0.4, -0.2) is 59.2 Å². The zero-order valence-electron chi connectivity index (χ0n) is 21.8. The Hall–Kier alpha value is -4.18. The Morgan fingerprint density at radius 2 is 2.03 bits per heavy atom. The lowest BCUT2D eigenvalue weighted by molar-refractivity contribution is 0.0955. The van der Waals surface area contributed by atoms with Crippen molar-refractivity contribution in [3.63, 3.8) is 0 Å². The van der Waals surface area contributed by atoms with Crippen molar-refractivity contribution in [3.05, 3.63) is 77.6 Å². The van der Waals surface area contributed by atoms with Crippen LogP contribution in [0.3, 0.4) is 0 Å². The molecule has 6 rings (SSSR count). The molecule has 39 heavy (non-hydrogen) atoms. The molecule has 1 fully saturated rings. The Bertz CT molecular complexity index is 1820. The highest BCUT2D eigenvalue weighted by molar-refractivity contribution is 7.91. The van der Waals surface area contributed by atoms with Gasteiger partial charge in [-0.3, -0.25) is 4.79 Å². The number of pyridine rings is 1. The van der Waals surface area contributed by atoms with Crippen LogP contribution < -0.4 is 10.1 Å². The van der Waals surface area contributed by atoms with Gasteiger partial charge in [-0.05, 0) is 49.6 Å². The van der Waals surface area contributed by atoms with Gasteiger partial charge in [0, 0.05) is 29.2 Å². The minimum Gasteiger partial charge on any atom is -0.497 e. The average molecular weight is 544 g/mol. The number of amides is 1. The molecule has 10 heteroatoms. The molecule has 2 aromatic carbocycles. The van der Waals surface area contributed by atoms with Gasteiger partial charge in [0.05, 0.1) is 47.0 Å². The van der Waals surface area contributed by atoms with Crippen molar-refractivity contribution in [2.24, 2.45) is 0 Å². The second-order valence-electron chi connectivity index (χ2n) is 9.94. The van der Waals surface area contributed by atoms with Crippen LogP contribution in [0.5, 0.6) is 5.75 Å². The van der Waals surface area contributed by atoms with E-state index in [-0.39, 0.29) is 23.5 Å². The fourth-order valence-corrected chi connectivity index (χ4v) is 7.08. The predicted octanol–water partition coefficient (Wildman–Crippen LogP) is 4.23. The van der Waals surface area contributed by atoms with Crippen molar-refractivity contribution < 1.29 is 17.9 Å². The first-order valence-corrected chi connectivity index (χ1v) is 14.7. The number of para-hydroxylation sites is 1. The summed E-state index contributed by atoms with van der Waals surface area (Å²) >= 11 is 0. The third kappa shape index (κ3) is 4.76. The molecule has 9 nitrogen and oxygen atoms in total. The molecule has 0 radical (unpaired) electrons. The highest BCUT2D eigenvalue weighted by Crippen LogP contribution is 2.33. The molecule has 0 spiro atoms. The van der Waals surface area contributed by atoms with Crippen LogP contribution in [0.15, 0.2) is 60.8 Å². The van der Waals surface area contributed by atoms with Crippen LogP contribution in [0.2, 0.25) is 0 Å². The average Bonchev–Trinajstić information content (AvgIpc) is 3.62. The number of rotatable bonds is 7. The Labute approximate surface area is 226 Å². The standard InChI is InChI=1S/C29H29N5O4S/c1-18-27-24(29(35)30-12-10-20-16-31-25-9-4-3-8-23(20)25)15-26(19-6-5-7-22(14-19)38-2)32-28(27)34(33-18)21-11-13-39(36,37)17-21/h3-9,14-16,21,31H,10-13,17H2,1-2H3,(H,30,35). The van der Waals surface area contributed by atoms with Gasteiger partial charge in [0.1, 0.15) is 5.75 Å². The number of aromatic nitrogens is 4. The van der Waals surface area contributed by atoms with Crippen molar-refractivity contribution in [3.8, 4) is 17.0 Å². The first-order chi connectivity index (χ1) is 18.8. The molecular weight excluding hydrogens is 514 g/mol. The topological polar surface area (TPSA) is 119 Å². The highest BCUT2D eigenvalue weighted by atomic mass is 32.2. The summed E-state index contributed by atoms with van der Waals surface area (Å²) in [5, 5.41) is 9.54. The normalized spacial score (nSPS) is 16.6. The van der Waals surface area contributed by atoms with Gasteiger partial charge in [0.15, 0.2) is 15.5 Å². The van der Waals surface area contributed by atoms with Gasteiger partial charge in [0.25, 0.3) is 5.91 Å². The molecule has 0 aliphatic carbocycles. The maximum Gasteiger partial charge on any atom is 0.252 e. The zero-order valence-corrected chi connectivity index (χ0v) is 22.6. The molecule has 200 valence electrons. The number of sulfone groups is 1. The van der Waals surface area contributed by atoms with E-state index in [0.717, 1.165) is 22.0 Å². The quantitative estimate of drug-likeness (QED) is 0.317. The number of carbonyl (C=O) groups is 1. The lowest BCUT2D eigenvalue weighted by Gasteiger charge is -2.13. The monoisotopic (exact) mass is 543 g/mol. The molecule has 1 aliphatic rings. The van der Waals surface area contributed by atoms with Crippen molar-refractivity contribution in [1.29, 1.82) is 0 Å². The van der Waals surface area contributed by atoms with Crippen molar-refractivity contribution in [1.82, 2.24) is 25.1 Å². The Morgan fingerprint density at radius 1 is 1.18 bits per heavy atom. The maximum absolute atomic E-state index is 13.6. The highest BCUT2D eigenvalue weighted by Gasteiger charge is 2.32. The number of H-pyrrole nitrogens is 1.